The Balaban J connectivity index is 2.00. The number of alkyl carbamates (subject to hydrolysis) is 1. The van der Waals surface area contributed by atoms with Crippen molar-refractivity contribution >= 4 is 6.09 Å². The molecule has 6 heteroatoms. The van der Waals surface area contributed by atoms with Crippen LogP contribution in [0.15, 0.2) is 48.5 Å². The van der Waals surface area contributed by atoms with Crippen LogP contribution in [0.1, 0.15) is 32.4 Å². The van der Waals surface area contributed by atoms with E-state index >= 15 is 0 Å². The van der Waals surface area contributed by atoms with Gasteiger partial charge in [-0.05, 0) is 38.0 Å². The molecule has 0 fully saturated rings. The van der Waals surface area contributed by atoms with Crippen LogP contribution in [-0.4, -0.2) is 41.7 Å². The van der Waals surface area contributed by atoms with Crippen LogP contribution < -0.4 is 10.1 Å². The van der Waals surface area contributed by atoms with Crippen molar-refractivity contribution in [1.29, 1.82) is 0 Å². The quantitative estimate of drug-likeness (QED) is 0.723. The molecule has 0 radical (unpaired) electrons. The van der Waals surface area contributed by atoms with Gasteiger partial charge in [0.1, 0.15) is 23.6 Å². The first-order valence-corrected chi connectivity index (χ1v) is 8.77. The summed E-state index contributed by atoms with van der Waals surface area (Å²) >= 11 is 0. The topological polar surface area (TPSA) is 88.0 Å². The highest BCUT2D eigenvalue weighted by Crippen LogP contribution is 2.30. The maximum absolute atomic E-state index is 11.6. The molecule has 0 bridgehead atoms. The fourth-order valence-electron chi connectivity index (χ4n) is 2.58. The number of aliphatic hydroxyl groups is 2. The Morgan fingerprint density at radius 2 is 1.70 bits per heavy atom. The van der Waals surface area contributed by atoms with Gasteiger partial charge in [0, 0.05) is 12.1 Å². The molecule has 0 aliphatic heterocycles. The van der Waals surface area contributed by atoms with E-state index in [4.69, 9.17) is 9.47 Å². The summed E-state index contributed by atoms with van der Waals surface area (Å²) in [5.41, 5.74) is 1.80. The standard InChI is InChI=1S/C21H27NO5/c1-21(2,3)27-20(25)22-13-17(23)19(24)15-11-9-14(10-12-15)16-7-5-6-8-18(16)26-4/h5-12,17,19,23-24H,13H2,1-4H3,(H,22,25). The second kappa shape index (κ2) is 8.88. The van der Waals surface area contributed by atoms with Crippen LogP contribution in [0.25, 0.3) is 11.1 Å². The number of para-hydroxylation sites is 1. The highest BCUT2D eigenvalue weighted by Gasteiger charge is 2.21. The second-order valence-electron chi connectivity index (χ2n) is 7.22. The minimum atomic E-state index is -1.16. The zero-order valence-corrected chi connectivity index (χ0v) is 16.1. The number of carbonyl (C=O) groups excluding carboxylic acids is 1. The summed E-state index contributed by atoms with van der Waals surface area (Å²) in [4.78, 5) is 11.6. The van der Waals surface area contributed by atoms with E-state index in [-0.39, 0.29) is 6.54 Å². The molecule has 0 saturated heterocycles. The molecule has 2 atom stereocenters. The van der Waals surface area contributed by atoms with Crippen molar-refractivity contribution in [3.8, 4) is 16.9 Å². The number of amides is 1. The van der Waals surface area contributed by atoms with Crippen molar-refractivity contribution in [3.05, 3.63) is 54.1 Å². The molecule has 146 valence electrons. The largest absolute Gasteiger partial charge is 0.496 e. The lowest BCUT2D eigenvalue weighted by molar-refractivity contribution is 0.0129. The molecule has 0 aliphatic carbocycles. The average molecular weight is 373 g/mol. The van der Waals surface area contributed by atoms with E-state index < -0.39 is 23.9 Å². The predicted molar refractivity (Wildman–Crippen MR) is 104 cm³/mol. The van der Waals surface area contributed by atoms with E-state index in [0.29, 0.717) is 5.56 Å². The van der Waals surface area contributed by atoms with Crippen LogP contribution in [0.3, 0.4) is 0 Å². The number of aliphatic hydroxyl groups excluding tert-OH is 2. The SMILES string of the molecule is COc1ccccc1-c1ccc(C(O)C(O)CNC(=O)OC(C)(C)C)cc1. The minimum Gasteiger partial charge on any atom is -0.496 e. The van der Waals surface area contributed by atoms with E-state index in [9.17, 15) is 15.0 Å². The number of hydrogen-bond donors (Lipinski definition) is 3. The molecule has 0 aromatic heterocycles. The van der Waals surface area contributed by atoms with Crippen LogP contribution in [0.5, 0.6) is 5.75 Å². The number of benzene rings is 2. The molecule has 2 aromatic rings. The van der Waals surface area contributed by atoms with Crippen molar-refractivity contribution in [2.24, 2.45) is 0 Å². The predicted octanol–water partition coefficient (Wildman–Crippen LogP) is 3.28. The van der Waals surface area contributed by atoms with Gasteiger partial charge >= 0.3 is 6.09 Å². The van der Waals surface area contributed by atoms with Gasteiger partial charge in [-0.3, -0.25) is 0 Å². The second-order valence-corrected chi connectivity index (χ2v) is 7.22. The summed E-state index contributed by atoms with van der Waals surface area (Å²) in [6.45, 7) is 5.13. The van der Waals surface area contributed by atoms with Gasteiger partial charge in [-0.25, -0.2) is 4.79 Å². The minimum absolute atomic E-state index is 0.121. The van der Waals surface area contributed by atoms with Crippen LogP contribution in [0.2, 0.25) is 0 Å². The zero-order chi connectivity index (χ0) is 20.0. The van der Waals surface area contributed by atoms with Crippen molar-refractivity contribution in [1.82, 2.24) is 5.32 Å². The summed E-state index contributed by atoms with van der Waals surface area (Å²) in [6.07, 6.45) is -2.93. The van der Waals surface area contributed by atoms with Gasteiger partial charge in [-0.2, -0.15) is 0 Å². The Labute approximate surface area is 159 Å². The Morgan fingerprint density at radius 3 is 2.30 bits per heavy atom. The lowest BCUT2D eigenvalue weighted by Crippen LogP contribution is -2.38. The lowest BCUT2D eigenvalue weighted by atomic mass is 9.99. The molecule has 2 unspecified atom stereocenters. The van der Waals surface area contributed by atoms with Gasteiger partial charge in [-0.1, -0.05) is 42.5 Å². The Morgan fingerprint density at radius 1 is 1.07 bits per heavy atom. The highest BCUT2D eigenvalue weighted by atomic mass is 16.6. The lowest BCUT2D eigenvalue weighted by Gasteiger charge is -2.22. The summed E-state index contributed by atoms with van der Waals surface area (Å²) in [5.74, 6) is 0.757. The molecule has 27 heavy (non-hydrogen) atoms. The van der Waals surface area contributed by atoms with Crippen LogP contribution in [0.4, 0.5) is 4.79 Å². The summed E-state index contributed by atoms with van der Waals surface area (Å²) in [5, 5.41) is 22.9. The van der Waals surface area contributed by atoms with E-state index in [1.165, 1.54) is 0 Å². The molecule has 2 rings (SSSR count). The van der Waals surface area contributed by atoms with Crippen molar-refractivity contribution in [2.45, 2.75) is 38.6 Å². The monoisotopic (exact) mass is 373 g/mol. The first-order chi connectivity index (χ1) is 12.7. The Hall–Kier alpha value is -2.57. The number of rotatable bonds is 6. The third-order valence-corrected chi connectivity index (χ3v) is 3.89. The molecule has 0 spiro atoms. The van der Waals surface area contributed by atoms with Crippen molar-refractivity contribution in [2.75, 3.05) is 13.7 Å². The van der Waals surface area contributed by atoms with Gasteiger partial charge in [0.15, 0.2) is 0 Å². The number of methoxy groups -OCH3 is 1. The molecule has 2 aromatic carbocycles. The molecule has 0 heterocycles. The number of ether oxygens (including phenoxy) is 2. The number of carbonyl (C=O) groups is 1. The van der Waals surface area contributed by atoms with E-state index in [2.05, 4.69) is 5.32 Å². The molecular formula is C21H27NO5. The van der Waals surface area contributed by atoms with E-state index in [1.807, 2.05) is 36.4 Å². The molecular weight excluding hydrogens is 346 g/mol. The molecule has 6 nitrogen and oxygen atoms in total. The fraction of sp³-hybridized carbons (Fsp3) is 0.381. The normalized spacial score (nSPS) is 13.6. The summed E-state index contributed by atoms with van der Waals surface area (Å²) < 4.78 is 10.5. The van der Waals surface area contributed by atoms with Crippen LogP contribution >= 0.6 is 0 Å². The molecule has 0 aliphatic rings. The average Bonchev–Trinajstić information content (AvgIpc) is 2.64. The Kier molecular flexibility index (Phi) is 6.82. The third kappa shape index (κ3) is 5.98. The van der Waals surface area contributed by atoms with Crippen LogP contribution in [-0.2, 0) is 4.74 Å². The first kappa shape index (κ1) is 20.7. The Bertz CT molecular complexity index is 752. The third-order valence-electron chi connectivity index (χ3n) is 3.89. The van der Waals surface area contributed by atoms with Crippen molar-refractivity contribution in [3.63, 3.8) is 0 Å². The number of hydrogen-bond acceptors (Lipinski definition) is 5. The zero-order valence-electron chi connectivity index (χ0n) is 16.1. The van der Waals surface area contributed by atoms with Gasteiger partial charge in [0.2, 0.25) is 0 Å². The summed E-state index contributed by atoms with van der Waals surface area (Å²) in [7, 11) is 1.62. The molecule has 1 amide bonds. The molecule has 0 saturated carbocycles. The van der Waals surface area contributed by atoms with E-state index in [1.54, 1.807) is 40.0 Å². The maximum atomic E-state index is 11.6. The summed E-state index contributed by atoms with van der Waals surface area (Å²) in [6, 6.07) is 14.8. The van der Waals surface area contributed by atoms with E-state index in [0.717, 1.165) is 16.9 Å². The highest BCUT2D eigenvalue weighted by molar-refractivity contribution is 5.70. The van der Waals surface area contributed by atoms with Crippen LogP contribution in [0, 0.1) is 0 Å². The number of nitrogens with one attached hydrogen (secondary N) is 1. The fourth-order valence-corrected chi connectivity index (χ4v) is 2.58. The first-order valence-electron chi connectivity index (χ1n) is 8.77. The smallest absolute Gasteiger partial charge is 0.407 e. The van der Waals surface area contributed by atoms with Gasteiger partial charge in [0.05, 0.1) is 7.11 Å². The molecule has 3 N–H and O–H groups in total. The van der Waals surface area contributed by atoms with Gasteiger partial charge in [0.25, 0.3) is 0 Å². The van der Waals surface area contributed by atoms with Gasteiger partial charge < -0.3 is 25.0 Å². The van der Waals surface area contributed by atoms with Crippen molar-refractivity contribution < 1.29 is 24.5 Å². The maximum Gasteiger partial charge on any atom is 0.407 e. The van der Waals surface area contributed by atoms with Gasteiger partial charge in [-0.15, -0.1) is 0 Å².